The van der Waals surface area contributed by atoms with Crippen LogP contribution in [0.15, 0.2) is 23.1 Å². The van der Waals surface area contributed by atoms with Crippen LogP contribution in [-0.2, 0) is 10.1 Å². The molecule has 0 aliphatic rings. The number of carboxylic acids is 2. The van der Waals surface area contributed by atoms with Gasteiger partial charge in [-0.2, -0.15) is 8.42 Å². The van der Waals surface area contributed by atoms with E-state index in [1.807, 2.05) is 0 Å². The Labute approximate surface area is 175 Å². The van der Waals surface area contributed by atoms with Gasteiger partial charge in [0, 0.05) is 0 Å². The number of rotatable bonds is 3. The normalized spacial score (nSPS) is 9.32. The van der Waals surface area contributed by atoms with E-state index in [-0.39, 0.29) is 88.7 Å². The zero-order chi connectivity index (χ0) is 12.5. The number of carboxylic acid groups (broad SMARTS) is 2. The summed E-state index contributed by atoms with van der Waals surface area (Å²) in [5.74, 6) is -3.34. The maximum absolute atomic E-state index is 10.8. The standard InChI is InChI=1S/C8H6O7S.3Na.3H/c9-7(10)4-2-1-3-5(16(13,14)15)6(4)8(11)12;;;;;;/h1-3H,(H,9,10)(H,11,12)(H,13,14,15);;;;;;. The van der Waals surface area contributed by atoms with E-state index in [0.29, 0.717) is 0 Å². The van der Waals surface area contributed by atoms with Crippen molar-refractivity contribution in [3.05, 3.63) is 29.3 Å². The topological polar surface area (TPSA) is 129 Å². The summed E-state index contributed by atoms with van der Waals surface area (Å²) in [5.41, 5.74) is -1.67. The van der Waals surface area contributed by atoms with E-state index < -0.39 is 38.1 Å². The van der Waals surface area contributed by atoms with Crippen LogP contribution in [0.2, 0.25) is 0 Å². The van der Waals surface area contributed by atoms with Crippen LogP contribution in [0.3, 0.4) is 0 Å². The predicted octanol–water partition coefficient (Wildman–Crippen LogP) is -1.62. The molecule has 0 saturated heterocycles. The van der Waals surface area contributed by atoms with Gasteiger partial charge in [0.25, 0.3) is 10.1 Å². The van der Waals surface area contributed by atoms with Gasteiger partial charge in [-0.3, -0.25) is 4.55 Å². The molecule has 0 spiro atoms. The molecule has 1 aromatic rings. The van der Waals surface area contributed by atoms with Gasteiger partial charge >= 0.3 is 101 Å². The molecule has 1 rings (SSSR count). The molecule has 1 aromatic carbocycles. The Morgan fingerprint density at radius 1 is 0.947 bits per heavy atom. The molecule has 0 amide bonds. The quantitative estimate of drug-likeness (QED) is 0.451. The Hall–Kier alpha value is 1.07. The molecule has 0 atom stereocenters. The summed E-state index contributed by atoms with van der Waals surface area (Å²) in [6, 6.07) is 2.77. The van der Waals surface area contributed by atoms with Gasteiger partial charge in [0.15, 0.2) is 0 Å². The van der Waals surface area contributed by atoms with Gasteiger partial charge in [-0.15, -0.1) is 0 Å². The van der Waals surface area contributed by atoms with E-state index in [2.05, 4.69) is 0 Å². The molecule has 92 valence electrons. The van der Waals surface area contributed by atoms with Crippen molar-refractivity contribution < 1.29 is 32.8 Å². The molecular formula is C8H9Na3O7S. The molecular weight excluding hydrogens is 309 g/mol. The second-order valence-corrected chi connectivity index (χ2v) is 4.15. The SMILES string of the molecule is O=C(O)c1cccc(S(=O)(=O)O)c1C(=O)O.[NaH].[NaH].[NaH]. The van der Waals surface area contributed by atoms with Crippen LogP contribution in [-0.4, -0.2) is 124 Å². The number of carbonyl (C=O) groups is 2. The Morgan fingerprint density at radius 2 is 1.42 bits per heavy atom. The first-order chi connectivity index (χ1) is 7.25. The van der Waals surface area contributed by atoms with Crippen molar-refractivity contribution in [2.24, 2.45) is 0 Å². The average Bonchev–Trinajstić information content (AvgIpc) is 2.14. The first kappa shape index (κ1) is 25.0. The summed E-state index contributed by atoms with van der Waals surface area (Å²) in [5, 5.41) is 17.4. The molecule has 0 aliphatic carbocycles. The van der Waals surface area contributed by atoms with Gasteiger partial charge in [-0.1, -0.05) is 6.07 Å². The fraction of sp³-hybridized carbons (Fsp3) is 0. The molecule has 11 heteroatoms. The van der Waals surface area contributed by atoms with Crippen LogP contribution < -0.4 is 0 Å². The number of benzene rings is 1. The van der Waals surface area contributed by atoms with Crippen molar-refractivity contribution in [3.8, 4) is 0 Å². The van der Waals surface area contributed by atoms with E-state index in [1.54, 1.807) is 0 Å². The van der Waals surface area contributed by atoms with Crippen molar-refractivity contribution in [3.63, 3.8) is 0 Å². The van der Waals surface area contributed by atoms with Crippen molar-refractivity contribution >= 4 is 111 Å². The molecule has 7 nitrogen and oxygen atoms in total. The summed E-state index contributed by atoms with van der Waals surface area (Å²) in [6.07, 6.45) is 0. The Kier molecular flexibility index (Phi) is 13.1. The maximum atomic E-state index is 10.8. The third-order valence-corrected chi connectivity index (χ3v) is 2.64. The fourth-order valence-corrected chi connectivity index (χ4v) is 1.85. The van der Waals surface area contributed by atoms with Crippen molar-refractivity contribution in [2.75, 3.05) is 0 Å². The minimum atomic E-state index is -4.78. The Balaban J connectivity index is -0.000000853. The van der Waals surface area contributed by atoms with Gasteiger partial charge in [0.2, 0.25) is 0 Å². The molecule has 0 fully saturated rings. The van der Waals surface area contributed by atoms with E-state index in [9.17, 15) is 18.0 Å². The first-order valence-electron chi connectivity index (χ1n) is 3.82. The Bertz CT molecular complexity index is 570. The third-order valence-electron chi connectivity index (χ3n) is 1.75. The van der Waals surface area contributed by atoms with Gasteiger partial charge in [-0.25, -0.2) is 9.59 Å². The van der Waals surface area contributed by atoms with Gasteiger partial charge in [-0.05, 0) is 12.1 Å². The van der Waals surface area contributed by atoms with Crippen molar-refractivity contribution in [2.45, 2.75) is 4.90 Å². The summed E-state index contributed by atoms with van der Waals surface area (Å²) in [4.78, 5) is 20.5. The molecule has 19 heavy (non-hydrogen) atoms. The molecule has 3 N–H and O–H groups in total. The van der Waals surface area contributed by atoms with Crippen LogP contribution in [0.25, 0.3) is 0 Å². The average molecular weight is 318 g/mol. The summed E-state index contributed by atoms with van der Waals surface area (Å²) in [6.45, 7) is 0. The van der Waals surface area contributed by atoms with Crippen LogP contribution >= 0.6 is 0 Å². The van der Waals surface area contributed by atoms with Crippen molar-refractivity contribution in [1.82, 2.24) is 0 Å². The fourth-order valence-electron chi connectivity index (χ4n) is 1.14. The predicted molar refractivity (Wildman–Crippen MR) is 71.6 cm³/mol. The van der Waals surface area contributed by atoms with Gasteiger partial charge < -0.3 is 10.2 Å². The van der Waals surface area contributed by atoms with E-state index in [0.717, 1.165) is 18.2 Å². The second-order valence-electron chi connectivity index (χ2n) is 2.76. The third kappa shape index (κ3) is 6.58. The van der Waals surface area contributed by atoms with Crippen LogP contribution in [0.4, 0.5) is 0 Å². The molecule has 0 aromatic heterocycles. The minimum absolute atomic E-state index is 0. The van der Waals surface area contributed by atoms with Gasteiger partial charge in [0.05, 0.1) is 11.1 Å². The van der Waals surface area contributed by atoms with E-state index >= 15 is 0 Å². The molecule has 0 saturated carbocycles. The number of hydrogen-bond acceptors (Lipinski definition) is 4. The van der Waals surface area contributed by atoms with E-state index in [4.69, 9.17) is 14.8 Å². The van der Waals surface area contributed by atoms with Crippen LogP contribution in [0.5, 0.6) is 0 Å². The van der Waals surface area contributed by atoms with Gasteiger partial charge in [0.1, 0.15) is 4.90 Å². The number of aromatic carboxylic acids is 2. The first-order valence-corrected chi connectivity index (χ1v) is 5.26. The molecule has 0 aliphatic heterocycles. The number of hydrogen-bond donors (Lipinski definition) is 3. The molecule has 0 bridgehead atoms. The monoisotopic (exact) mass is 318 g/mol. The Morgan fingerprint density at radius 3 is 1.74 bits per heavy atom. The zero-order valence-corrected chi connectivity index (χ0v) is 8.43. The zero-order valence-electron chi connectivity index (χ0n) is 7.61. The van der Waals surface area contributed by atoms with E-state index in [1.165, 1.54) is 0 Å². The molecule has 0 unspecified atom stereocenters. The van der Waals surface area contributed by atoms with Crippen LogP contribution in [0.1, 0.15) is 20.7 Å². The summed E-state index contributed by atoms with van der Waals surface area (Å²) >= 11 is 0. The summed E-state index contributed by atoms with van der Waals surface area (Å²) < 4.78 is 30.4. The summed E-state index contributed by atoms with van der Waals surface area (Å²) in [7, 11) is -4.78. The molecule has 0 heterocycles. The van der Waals surface area contributed by atoms with Crippen LogP contribution in [0, 0.1) is 0 Å². The molecule has 0 radical (unpaired) electrons. The second kappa shape index (κ2) is 9.91. The van der Waals surface area contributed by atoms with Crippen molar-refractivity contribution in [1.29, 1.82) is 0 Å².